The van der Waals surface area contributed by atoms with Crippen LogP contribution in [0.4, 0.5) is 4.39 Å². The van der Waals surface area contributed by atoms with Crippen molar-refractivity contribution in [2.24, 2.45) is 0 Å². The van der Waals surface area contributed by atoms with E-state index < -0.39 is 0 Å². The van der Waals surface area contributed by atoms with E-state index in [0.717, 1.165) is 5.69 Å². The van der Waals surface area contributed by atoms with Crippen LogP contribution in [-0.2, 0) is 7.86 Å². The summed E-state index contributed by atoms with van der Waals surface area (Å²) in [6, 6.07) is 9.67. The van der Waals surface area contributed by atoms with Gasteiger partial charge in [0.05, 0.1) is 6.10 Å². The molecule has 1 aromatic heterocycles. The number of rotatable bonds is 10. The molecule has 1 atom stereocenters. The second kappa shape index (κ2) is 11.7. The van der Waals surface area contributed by atoms with Gasteiger partial charge in [-0.1, -0.05) is 12.1 Å². The van der Waals surface area contributed by atoms with Gasteiger partial charge >= 0.3 is 0 Å². The molecule has 0 radical (unpaired) electrons. The number of hydrogen-bond donors (Lipinski definition) is 2. The van der Waals surface area contributed by atoms with Gasteiger partial charge in [0.25, 0.3) is 11.8 Å². The molecule has 1 heterocycles. The Kier molecular flexibility index (Phi) is 9.26. The maximum absolute atomic E-state index is 13.5. The molecular formula is C20H23FIN3O4. The van der Waals surface area contributed by atoms with Crippen LogP contribution in [0.15, 0.2) is 36.4 Å². The maximum Gasteiger partial charge on any atom is 0.269 e. The molecule has 2 N–H and O–H groups in total. The topological polar surface area (TPSA) is 89.6 Å². The number of amides is 2. The van der Waals surface area contributed by atoms with Crippen LogP contribution in [0.25, 0.3) is 0 Å². The monoisotopic (exact) mass is 515 g/mol. The normalized spacial score (nSPS) is 11.6. The molecular weight excluding hydrogens is 492 g/mol. The highest BCUT2D eigenvalue weighted by molar-refractivity contribution is 14.1. The minimum absolute atomic E-state index is 0.230. The number of benzene rings is 1. The number of carbonyl (C=O) groups excluding carboxylic acids is 2. The van der Waals surface area contributed by atoms with E-state index in [-0.39, 0.29) is 42.6 Å². The number of nitrogens with zero attached hydrogens (tertiary/aromatic N) is 1. The van der Waals surface area contributed by atoms with E-state index in [4.69, 9.17) is 7.80 Å². The predicted molar refractivity (Wildman–Crippen MR) is 114 cm³/mol. The molecule has 2 rings (SSSR count). The fourth-order valence-corrected chi connectivity index (χ4v) is 2.81. The first-order valence-corrected chi connectivity index (χ1v) is 9.92. The third-order valence-corrected chi connectivity index (χ3v) is 4.76. The predicted octanol–water partition coefficient (Wildman–Crippen LogP) is 2.89. The van der Waals surface area contributed by atoms with E-state index in [1.165, 1.54) is 6.07 Å². The summed E-state index contributed by atoms with van der Waals surface area (Å²) in [7, 11) is 0. The molecule has 0 aliphatic carbocycles. The molecule has 1 aromatic carbocycles. The second-order valence-corrected chi connectivity index (χ2v) is 6.93. The molecule has 0 spiro atoms. The lowest BCUT2D eigenvalue weighted by Crippen LogP contribution is -2.37. The summed E-state index contributed by atoms with van der Waals surface area (Å²) in [5.41, 5.74) is 1.63. The summed E-state index contributed by atoms with van der Waals surface area (Å²) in [4.78, 5) is 28.2. The number of carbonyl (C=O) groups is 2. The van der Waals surface area contributed by atoms with Gasteiger partial charge in [-0.05, 0) is 44.0 Å². The zero-order chi connectivity index (χ0) is 21.2. The number of aryl methyl sites for hydroxylation is 2. The Hall–Kier alpha value is -2.27. The van der Waals surface area contributed by atoms with E-state index in [9.17, 15) is 14.0 Å². The Bertz CT molecular complexity index is 850. The number of hydrogen-bond acceptors (Lipinski definition) is 5. The van der Waals surface area contributed by atoms with E-state index in [1.54, 1.807) is 54.2 Å². The third-order valence-electron chi connectivity index (χ3n) is 4.04. The van der Waals surface area contributed by atoms with Crippen LogP contribution in [-0.4, -0.2) is 42.6 Å². The van der Waals surface area contributed by atoms with Crippen LogP contribution >= 0.6 is 23.0 Å². The van der Waals surface area contributed by atoms with E-state index >= 15 is 0 Å². The zero-order valence-electron chi connectivity index (χ0n) is 16.2. The summed E-state index contributed by atoms with van der Waals surface area (Å²) in [6.07, 6.45) is 0.215. The van der Waals surface area contributed by atoms with Crippen molar-refractivity contribution in [1.82, 2.24) is 15.6 Å². The highest BCUT2D eigenvalue weighted by Crippen LogP contribution is 2.15. The number of halogens is 2. The maximum atomic E-state index is 13.5. The number of nitrogens with one attached hydrogen (secondary N) is 2. The Labute approximate surface area is 183 Å². The summed E-state index contributed by atoms with van der Waals surface area (Å²) in [6.45, 7) is 3.86. The summed E-state index contributed by atoms with van der Waals surface area (Å²) in [5.74, 6) is -0.706. The van der Waals surface area contributed by atoms with Crippen LogP contribution < -0.4 is 15.4 Å². The van der Waals surface area contributed by atoms with Crippen molar-refractivity contribution >= 4 is 34.8 Å². The first-order valence-electron chi connectivity index (χ1n) is 9.04. The minimum Gasteiger partial charge on any atom is -0.484 e. The van der Waals surface area contributed by atoms with Crippen molar-refractivity contribution < 1.29 is 21.8 Å². The van der Waals surface area contributed by atoms with Gasteiger partial charge in [-0.3, -0.25) is 9.59 Å². The third kappa shape index (κ3) is 7.94. The van der Waals surface area contributed by atoms with Gasteiger partial charge in [0.15, 0.2) is 6.61 Å². The van der Waals surface area contributed by atoms with Gasteiger partial charge in [-0.25, -0.2) is 9.37 Å². The fourth-order valence-electron chi connectivity index (χ4n) is 2.38. The van der Waals surface area contributed by atoms with Gasteiger partial charge in [0.1, 0.15) is 40.3 Å². The van der Waals surface area contributed by atoms with E-state index in [1.807, 2.05) is 13.0 Å². The van der Waals surface area contributed by atoms with Crippen molar-refractivity contribution in [2.45, 2.75) is 26.4 Å². The number of ether oxygens (including phenoxy) is 1. The molecule has 7 nitrogen and oxygen atoms in total. The van der Waals surface area contributed by atoms with Crippen molar-refractivity contribution in [1.29, 1.82) is 0 Å². The van der Waals surface area contributed by atoms with Gasteiger partial charge in [0, 0.05) is 24.8 Å². The molecule has 0 aliphatic rings. The summed E-state index contributed by atoms with van der Waals surface area (Å²) in [5, 5.41) is 5.47. The zero-order valence-corrected chi connectivity index (χ0v) is 18.4. The van der Waals surface area contributed by atoms with Gasteiger partial charge in [0.2, 0.25) is 0 Å². The molecule has 0 aliphatic heterocycles. The average molecular weight is 515 g/mol. The molecule has 0 fully saturated rings. The van der Waals surface area contributed by atoms with Crippen LogP contribution in [0, 0.1) is 19.7 Å². The second-order valence-electron chi connectivity index (χ2n) is 6.42. The van der Waals surface area contributed by atoms with Crippen molar-refractivity contribution in [2.75, 3.05) is 19.7 Å². The Balaban J connectivity index is 1.68. The highest BCUT2D eigenvalue weighted by Gasteiger charge is 2.13. The lowest BCUT2D eigenvalue weighted by Gasteiger charge is -2.15. The molecule has 29 heavy (non-hydrogen) atoms. The molecule has 156 valence electrons. The molecule has 2 aromatic rings. The fraction of sp³-hybridized carbons (Fsp3) is 0.350. The van der Waals surface area contributed by atoms with Crippen LogP contribution in [0.2, 0.25) is 0 Å². The van der Waals surface area contributed by atoms with Crippen LogP contribution in [0.5, 0.6) is 5.75 Å². The number of pyridine rings is 1. The quantitative estimate of drug-likeness (QED) is 0.476. The highest BCUT2D eigenvalue weighted by atomic mass is 127. The Morgan fingerprint density at radius 3 is 2.69 bits per heavy atom. The Morgan fingerprint density at radius 1 is 1.21 bits per heavy atom. The minimum atomic E-state index is -0.385. The first kappa shape index (κ1) is 23.0. The van der Waals surface area contributed by atoms with Gasteiger partial charge in [-0.15, -0.1) is 0 Å². The summed E-state index contributed by atoms with van der Waals surface area (Å²) >= 11 is 1.76. The molecule has 0 bridgehead atoms. The summed E-state index contributed by atoms with van der Waals surface area (Å²) < 4.78 is 24.1. The van der Waals surface area contributed by atoms with Gasteiger partial charge < -0.3 is 18.4 Å². The smallest absolute Gasteiger partial charge is 0.269 e. The molecule has 0 saturated heterocycles. The molecule has 1 unspecified atom stereocenters. The largest absolute Gasteiger partial charge is 0.484 e. The van der Waals surface area contributed by atoms with Crippen LogP contribution in [0.1, 0.15) is 28.2 Å². The SMILES string of the molecule is Cc1cccc(C(=O)NCCC(CNC(=O)COc2ccc(C)c(F)c2)OI)n1. The van der Waals surface area contributed by atoms with Crippen molar-refractivity contribution in [3.8, 4) is 5.75 Å². The Morgan fingerprint density at radius 2 is 2.00 bits per heavy atom. The average Bonchev–Trinajstić information content (AvgIpc) is 2.71. The molecule has 9 heteroatoms. The lowest BCUT2D eigenvalue weighted by molar-refractivity contribution is -0.123. The van der Waals surface area contributed by atoms with Crippen molar-refractivity contribution in [3.63, 3.8) is 0 Å². The first-order chi connectivity index (χ1) is 13.9. The van der Waals surface area contributed by atoms with E-state index in [0.29, 0.717) is 24.2 Å². The number of aromatic nitrogens is 1. The van der Waals surface area contributed by atoms with Crippen LogP contribution in [0.3, 0.4) is 0 Å². The molecule has 0 saturated carbocycles. The molecule has 2 amide bonds. The standard InChI is InChI=1S/C20H23FIN3O4/c1-13-6-7-15(10-17(13)21)28-12-19(26)24-11-16(29-22)8-9-23-20(27)18-5-3-4-14(2)25-18/h3-7,10,16H,8-9,11-12H2,1-2H3,(H,23,27)(H,24,26). The van der Waals surface area contributed by atoms with Gasteiger partial charge in [-0.2, -0.15) is 0 Å². The lowest BCUT2D eigenvalue weighted by atomic mass is 10.2. The van der Waals surface area contributed by atoms with Crippen molar-refractivity contribution in [3.05, 3.63) is 59.2 Å². The van der Waals surface area contributed by atoms with E-state index in [2.05, 4.69) is 15.6 Å².